The van der Waals surface area contributed by atoms with Crippen LogP contribution in [0.25, 0.3) is 11.0 Å². The molecule has 0 bridgehead atoms. The molecular weight excluding hydrogens is 208 g/mol. The van der Waals surface area contributed by atoms with E-state index in [0.29, 0.717) is 0 Å². The van der Waals surface area contributed by atoms with Crippen LogP contribution in [0.4, 0.5) is 0 Å². The Morgan fingerprint density at radius 3 is 2.71 bits per heavy atom. The van der Waals surface area contributed by atoms with E-state index >= 15 is 0 Å². The lowest BCUT2D eigenvalue weighted by Crippen LogP contribution is -2.21. The molecule has 1 heterocycles. The quantitative estimate of drug-likeness (QED) is 0.725. The largest absolute Gasteiger partial charge is 0.324 e. The molecule has 0 saturated carbocycles. The zero-order chi connectivity index (χ0) is 12.5. The van der Waals surface area contributed by atoms with Gasteiger partial charge in [0.15, 0.2) is 0 Å². The molecule has 0 aliphatic heterocycles. The van der Waals surface area contributed by atoms with Gasteiger partial charge >= 0.3 is 0 Å². The van der Waals surface area contributed by atoms with Crippen LogP contribution in [0, 0.1) is 0 Å². The highest BCUT2D eigenvalue weighted by Crippen LogP contribution is 2.29. The van der Waals surface area contributed by atoms with Crippen LogP contribution < -0.4 is 0 Å². The van der Waals surface area contributed by atoms with Gasteiger partial charge < -0.3 is 4.57 Å². The van der Waals surface area contributed by atoms with Crippen molar-refractivity contribution in [2.75, 3.05) is 0 Å². The molecule has 0 aliphatic carbocycles. The standard InChI is InChI=1S/C15H20N2/c1-5-11-17-13-10-8-7-9-12(13)16-14(17)15(3,4)6-2/h5,7-10H,1,6,11H2,2-4H3. The van der Waals surface area contributed by atoms with E-state index < -0.39 is 0 Å². The van der Waals surface area contributed by atoms with Gasteiger partial charge in [-0.3, -0.25) is 0 Å². The molecule has 0 unspecified atom stereocenters. The summed E-state index contributed by atoms with van der Waals surface area (Å²) in [5, 5.41) is 0. The number of benzene rings is 1. The van der Waals surface area contributed by atoms with Crippen LogP contribution in [-0.4, -0.2) is 9.55 Å². The summed E-state index contributed by atoms with van der Waals surface area (Å²) in [6.07, 6.45) is 3.01. The monoisotopic (exact) mass is 228 g/mol. The van der Waals surface area contributed by atoms with Crippen LogP contribution in [0.15, 0.2) is 36.9 Å². The molecule has 0 radical (unpaired) electrons. The number of rotatable bonds is 4. The Balaban J connectivity index is 2.69. The molecule has 1 aromatic heterocycles. The lowest BCUT2D eigenvalue weighted by Gasteiger charge is -2.23. The van der Waals surface area contributed by atoms with Gasteiger partial charge in [0, 0.05) is 12.0 Å². The molecule has 2 aromatic rings. The number of aromatic nitrogens is 2. The highest BCUT2D eigenvalue weighted by Gasteiger charge is 2.25. The van der Waals surface area contributed by atoms with Crippen molar-refractivity contribution in [2.24, 2.45) is 0 Å². The first-order valence-electron chi connectivity index (χ1n) is 6.17. The number of para-hydroxylation sites is 2. The minimum absolute atomic E-state index is 0.0992. The zero-order valence-electron chi connectivity index (χ0n) is 10.9. The molecule has 2 nitrogen and oxygen atoms in total. The minimum atomic E-state index is 0.0992. The minimum Gasteiger partial charge on any atom is -0.324 e. The number of hydrogen-bond donors (Lipinski definition) is 0. The van der Waals surface area contributed by atoms with E-state index in [2.05, 4.69) is 50.1 Å². The zero-order valence-corrected chi connectivity index (χ0v) is 10.9. The van der Waals surface area contributed by atoms with Crippen molar-refractivity contribution < 1.29 is 0 Å². The Labute approximate surface area is 103 Å². The Kier molecular flexibility index (Phi) is 3.05. The van der Waals surface area contributed by atoms with Crippen LogP contribution in [0.5, 0.6) is 0 Å². The van der Waals surface area contributed by atoms with Crippen LogP contribution in [0.2, 0.25) is 0 Å². The molecule has 0 atom stereocenters. The molecule has 90 valence electrons. The van der Waals surface area contributed by atoms with E-state index in [1.807, 2.05) is 12.1 Å². The highest BCUT2D eigenvalue weighted by atomic mass is 15.1. The van der Waals surface area contributed by atoms with Crippen molar-refractivity contribution in [1.29, 1.82) is 0 Å². The Bertz CT molecular complexity index is 535. The smallest absolute Gasteiger partial charge is 0.115 e. The summed E-state index contributed by atoms with van der Waals surface area (Å²) in [5.41, 5.74) is 2.37. The Morgan fingerprint density at radius 1 is 1.35 bits per heavy atom. The molecule has 0 aliphatic rings. The third kappa shape index (κ3) is 1.99. The second-order valence-electron chi connectivity index (χ2n) is 5.06. The lowest BCUT2D eigenvalue weighted by molar-refractivity contribution is 0.455. The van der Waals surface area contributed by atoms with Crippen molar-refractivity contribution in [3.05, 3.63) is 42.7 Å². The van der Waals surface area contributed by atoms with Crippen molar-refractivity contribution in [3.8, 4) is 0 Å². The van der Waals surface area contributed by atoms with Crippen molar-refractivity contribution in [3.63, 3.8) is 0 Å². The van der Waals surface area contributed by atoms with E-state index in [0.717, 1.165) is 24.3 Å². The Hall–Kier alpha value is -1.57. The van der Waals surface area contributed by atoms with Crippen molar-refractivity contribution >= 4 is 11.0 Å². The van der Waals surface area contributed by atoms with Crippen LogP contribution in [-0.2, 0) is 12.0 Å². The number of hydrogen-bond acceptors (Lipinski definition) is 1. The Morgan fingerprint density at radius 2 is 2.06 bits per heavy atom. The molecule has 0 saturated heterocycles. The van der Waals surface area contributed by atoms with Gasteiger partial charge in [-0.05, 0) is 18.6 Å². The van der Waals surface area contributed by atoms with Crippen molar-refractivity contribution in [2.45, 2.75) is 39.2 Å². The summed E-state index contributed by atoms with van der Waals surface area (Å²) < 4.78 is 2.27. The third-order valence-corrected chi connectivity index (χ3v) is 3.46. The first kappa shape index (κ1) is 11.9. The number of nitrogens with zero attached hydrogens (tertiary/aromatic N) is 2. The van der Waals surface area contributed by atoms with E-state index in [4.69, 9.17) is 4.98 Å². The fourth-order valence-electron chi connectivity index (χ4n) is 2.06. The topological polar surface area (TPSA) is 17.8 Å². The fourth-order valence-corrected chi connectivity index (χ4v) is 2.06. The first-order valence-corrected chi connectivity index (χ1v) is 6.17. The van der Waals surface area contributed by atoms with Gasteiger partial charge in [0.25, 0.3) is 0 Å². The van der Waals surface area contributed by atoms with E-state index in [1.165, 1.54) is 5.52 Å². The lowest BCUT2D eigenvalue weighted by atomic mass is 9.89. The maximum Gasteiger partial charge on any atom is 0.115 e. The van der Waals surface area contributed by atoms with Crippen LogP contribution in [0.3, 0.4) is 0 Å². The molecule has 17 heavy (non-hydrogen) atoms. The highest BCUT2D eigenvalue weighted by molar-refractivity contribution is 5.76. The number of allylic oxidation sites excluding steroid dienone is 1. The molecule has 0 N–H and O–H groups in total. The molecule has 2 heteroatoms. The van der Waals surface area contributed by atoms with Crippen LogP contribution in [0.1, 0.15) is 33.0 Å². The molecule has 1 aromatic carbocycles. The maximum atomic E-state index is 4.79. The van der Waals surface area contributed by atoms with Gasteiger partial charge in [0.05, 0.1) is 11.0 Å². The second kappa shape index (κ2) is 4.36. The summed E-state index contributed by atoms with van der Waals surface area (Å²) in [6.45, 7) is 11.4. The van der Waals surface area contributed by atoms with Gasteiger partial charge in [0.1, 0.15) is 5.82 Å². The van der Waals surface area contributed by atoms with Gasteiger partial charge in [-0.2, -0.15) is 0 Å². The normalized spacial score (nSPS) is 11.9. The van der Waals surface area contributed by atoms with Gasteiger partial charge in [-0.15, -0.1) is 6.58 Å². The molecule has 0 fully saturated rings. The van der Waals surface area contributed by atoms with E-state index in [1.54, 1.807) is 0 Å². The van der Waals surface area contributed by atoms with Crippen molar-refractivity contribution in [1.82, 2.24) is 9.55 Å². The summed E-state index contributed by atoms with van der Waals surface area (Å²) in [7, 11) is 0. The molecule has 0 amide bonds. The second-order valence-corrected chi connectivity index (χ2v) is 5.06. The van der Waals surface area contributed by atoms with Gasteiger partial charge in [-0.1, -0.05) is 39.0 Å². The predicted octanol–water partition coefficient (Wildman–Crippen LogP) is 3.91. The number of imidazole rings is 1. The molecule has 2 rings (SSSR count). The summed E-state index contributed by atoms with van der Waals surface area (Å²) in [6, 6.07) is 8.30. The predicted molar refractivity (Wildman–Crippen MR) is 73.2 cm³/mol. The van der Waals surface area contributed by atoms with E-state index in [9.17, 15) is 0 Å². The number of fused-ring (bicyclic) bond motifs is 1. The maximum absolute atomic E-state index is 4.79. The fraction of sp³-hybridized carbons (Fsp3) is 0.400. The summed E-state index contributed by atoms with van der Waals surface area (Å²) >= 11 is 0. The average molecular weight is 228 g/mol. The summed E-state index contributed by atoms with van der Waals surface area (Å²) in [5.74, 6) is 1.15. The van der Waals surface area contributed by atoms with Crippen LogP contribution >= 0.6 is 0 Å². The van der Waals surface area contributed by atoms with Gasteiger partial charge in [-0.25, -0.2) is 4.98 Å². The molecule has 0 spiro atoms. The third-order valence-electron chi connectivity index (χ3n) is 3.46. The van der Waals surface area contributed by atoms with Gasteiger partial charge in [0.2, 0.25) is 0 Å². The SMILES string of the molecule is C=CCn1c(C(C)(C)CC)nc2ccccc21. The van der Waals surface area contributed by atoms with E-state index in [-0.39, 0.29) is 5.41 Å². The molecular formula is C15H20N2. The average Bonchev–Trinajstić information content (AvgIpc) is 2.70. The summed E-state index contributed by atoms with van der Waals surface area (Å²) in [4.78, 5) is 4.79. The first-order chi connectivity index (χ1) is 8.10.